The van der Waals surface area contributed by atoms with E-state index >= 15 is 0 Å². The van der Waals surface area contributed by atoms with E-state index < -0.39 is 0 Å². The number of fused-ring (bicyclic) bond motifs is 1. The molecular formula is C21H26N6O. The SMILES string of the molecule is C[C@@H](C(=O)NCc1cccnc1N1CCN(C)CC1)n1cnc2ccccc21. The standard InChI is InChI=1S/C21H26N6O/c1-16(27-15-24-18-7-3-4-8-19(18)27)21(28)23-14-17-6-5-9-22-20(17)26-12-10-25(2)11-13-26/h3-9,15-16H,10-14H2,1-2H3,(H,23,28)/t16-/m0/s1. The molecule has 0 bridgehead atoms. The van der Waals surface area contributed by atoms with Crippen LogP contribution >= 0.6 is 0 Å². The lowest BCUT2D eigenvalue weighted by atomic mass is 10.2. The number of pyridine rings is 1. The van der Waals surface area contributed by atoms with Gasteiger partial charge in [-0.1, -0.05) is 18.2 Å². The van der Waals surface area contributed by atoms with Crippen molar-refractivity contribution in [3.8, 4) is 0 Å². The summed E-state index contributed by atoms with van der Waals surface area (Å²) < 4.78 is 1.91. The molecule has 0 saturated carbocycles. The minimum atomic E-state index is -0.337. The molecule has 1 aliphatic rings. The van der Waals surface area contributed by atoms with Gasteiger partial charge in [-0.05, 0) is 32.2 Å². The second-order valence-electron chi connectivity index (χ2n) is 7.31. The van der Waals surface area contributed by atoms with Gasteiger partial charge in [-0.25, -0.2) is 9.97 Å². The smallest absolute Gasteiger partial charge is 0.243 e. The van der Waals surface area contributed by atoms with Crippen LogP contribution in [0.5, 0.6) is 0 Å². The molecule has 1 amide bonds. The first kappa shape index (κ1) is 18.4. The van der Waals surface area contributed by atoms with Crippen LogP contribution in [0, 0.1) is 0 Å². The molecule has 1 fully saturated rings. The van der Waals surface area contributed by atoms with Crippen LogP contribution in [0.2, 0.25) is 0 Å². The van der Waals surface area contributed by atoms with Gasteiger partial charge in [-0.2, -0.15) is 0 Å². The summed E-state index contributed by atoms with van der Waals surface area (Å²) in [5.41, 5.74) is 2.90. The van der Waals surface area contributed by atoms with Gasteiger partial charge < -0.3 is 19.7 Å². The Hall–Kier alpha value is -2.93. The van der Waals surface area contributed by atoms with Gasteiger partial charge in [0.05, 0.1) is 17.4 Å². The molecule has 4 rings (SSSR count). The van der Waals surface area contributed by atoms with E-state index in [1.54, 1.807) is 6.33 Å². The molecule has 0 unspecified atom stereocenters. The lowest BCUT2D eigenvalue weighted by Gasteiger charge is -2.34. The summed E-state index contributed by atoms with van der Waals surface area (Å²) >= 11 is 0. The Morgan fingerprint density at radius 2 is 1.89 bits per heavy atom. The molecule has 7 heteroatoms. The van der Waals surface area contributed by atoms with Gasteiger partial charge in [0.25, 0.3) is 0 Å². The number of likely N-dealkylation sites (N-methyl/N-ethyl adjacent to an activating group) is 1. The third-order valence-corrected chi connectivity index (χ3v) is 5.40. The molecule has 1 aromatic carbocycles. The number of para-hydroxylation sites is 2. The van der Waals surface area contributed by atoms with Gasteiger partial charge >= 0.3 is 0 Å². The number of aromatic nitrogens is 3. The molecule has 146 valence electrons. The Bertz CT molecular complexity index is 960. The molecule has 0 aliphatic carbocycles. The normalized spacial score (nSPS) is 16.3. The van der Waals surface area contributed by atoms with Crippen LogP contribution in [-0.4, -0.2) is 58.6 Å². The number of benzene rings is 1. The van der Waals surface area contributed by atoms with Crippen LogP contribution in [-0.2, 0) is 11.3 Å². The Balaban J connectivity index is 1.45. The van der Waals surface area contributed by atoms with Crippen molar-refractivity contribution >= 4 is 22.8 Å². The highest BCUT2D eigenvalue weighted by Gasteiger charge is 2.20. The monoisotopic (exact) mass is 378 g/mol. The van der Waals surface area contributed by atoms with Gasteiger partial charge in [-0.3, -0.25) is 4.79 Å². The summed E-state index contributed by atoms with van der Waals surface area (Å²) in [6, 6.07) is 11.5. The molecular weight excluding hydrogens is 352 g/mol. The van der Waals surface area contributed by atoms with Crippen LogP contribution < -0.4 is 10.2 Å². The summed E-state index contributed by atoms with van der Waals surface area (Å²) in [5, 5.41) is 3.08. The predicted octanol–water partition coefficient (Wildman–Crippen LogP) is 2.06. The average Bonchev–Trinajstić information content (AvgIpc) is 3.16. The first-order chi connectivity index (χ1) is 13.6. The number of carbonyl (C=O) groups is 1. The van der Waals surface area contributed by atoms with Crippen molar-refractivity contribution in [1.82, 2.24) is 24.8 Å². The summed E-state index contributed by atoms with van der Waals surface area (Å²) in [7, 11) is 2.14. The van der Waals surface area contributed by atoms with Gasteiger partial charge in [0, 0.05) is 44.5 Å². The predicted molar refractivity (Wildman–Crippen MR) is 110 cm³/mol. The minimum absolute atomic E-state index is 0.0312. The van der Waals surface area contributed by atoms with E-state index in [1.807, 2.05) is 54.1 Å². The Morgan fingerprint density at radius 1 is 1.11 bits per heavy atom. The number of amides is 1. The molecule has 0 spiro atoms. The number of rotatable bonds is 5. The quantitative estimate of drug-likeness (QED) is 0.736. The summed E-state index contributed by atoms with van der Waals surface area (Å²) in [5.74, 6) is 0.938. The van der Waals surface area contributed by atoms with Crippen molar-refractivity contribution in [2.75, 3.05) is 38.1 Å². The fourth-order valence-corrected chi connectivity index (χ4v) is 3.61. The molecule has 1 N–H and O–H groups in total. The fraction of sp³-hybridized carbons (Fsp3) is 0.381. The zero-order valence-corrected chi connectivity index (χ0v) is 16.4. The maximum atomic E-state index is 12.8. The maximum absolute atomic E-state index is 12.8. The number of hydrogen-bond acceptors (Lipinski definition) is 5. The highest BCUT2D eigenvalue weighted by atomic mass is 16.2. The lowest BCUT2D eigenvalue weighted by molar-refractivity contribution is -0.123. The second-order valence-corrected chi connectivity index (χ2v) is 7.31. The summed E-state index contributed by atoms with van der Waals surface area (Å²) in [6.45, 7) is 6.30. The van der Waals surface area contributed by atoms with Crippen molar-refractivity contribution in [3.05, 3.63) is 54.5 Å². The minimum Gasteiger partial charge on any atom is -0.354 e. The largest absolute Gasteiger partial charge is 0.354 e. The molecule has 1 saturated heterocycles. The molecule has 1 atom stereocenters. The number of anilines is 1. The van der Waals surface area contributed by atoms with Crippen LogP contribution in [0.25, 0.3) is 11.0 Å². The summed E-state index contributed by atoms with van der Waals surface area (Å²) in [6.07, 6.45) is 3.55. The van der Waals surface area contributed by atoms with Gasteiger partial charge in [0.1, 0.15) is 11.9 Å². The van der Waals surface area contributed by atoms with E-state index in [0.29, 0.717) is 6.54 Å². The first-order valence-corrected chi connectivity index (χ1v) is 9.70. The molecule has 2 aromatic heterocycles. The van der Waals surface area contributed by atoms with Crippen LogP contribution in [0.3, 0.4) is 0 Å². The summed E-state index contributed by atoms with van der Waals surface area (Å²) in [4.78, 5) is 26.4. The number of imidazole rings is 1. The van der Waals surface area contributed by atoms with E-state index in [9.17, 15) is 4.79 Å². The second kappa shape index (κ2) is 7.98. The molecule has 1 aliphatic heterocycles. The van der Waals surface area contributed by atoms with Crippen molar-refractivity contribution < 1.29 is 4.79 Å². The van der Waals surface area contributed by atoms with Crippen molar-refractivity contribution in [1.29, 1.82) is 0 Å². The highest BCUT2D eigenvalue weighted by molar-refractivity contribution is 5.83. The van der Waals surface area contributed by atoms with E-state index in [-0.39, 0.29) is 11.9 Å². The van der Waals surface area contributed by atoms with Crippen LogP contribution in [0.1, 0.15) is 18.5 Å². The molecule has 3 heterocycles. The Kier molecular flexibility index (Phi) is 5.25. The van der Waals surface area contributed by atoms with Crippen molar-refractivity contribution in [3.63, 3.8) is 0 Å². The molecule has 28 heavy (non-hydrogen) atoms. The van der Waals surface area contributed by atoms with E-state index in [1.165, 1.54) is 0 Å². The topological polar surface area (TPSA) is 66.3 Å². The third-order valence-electron chi connectivity index (χ3n) is 5.40. The molecule has 0 radical (unpaired) electrons. The number of piperazine rings is 1. The van der Waals surface area contributed by atoms with Crippen LogP contribution in [0.4, 0.5) is 5.82 Å². The zero-order chi connectivity index (χ0) is 19.5. The Morgan fingerprint density at radius 3 is 2.71 bits per heavy atom. The Labute approximate surface area is 165 Å². The highest BCUT2D eigenvalue weighted by Crippen LogP contribution is 2.20. The fourth-order valence-electron chi connectivity index (χ4n) is 3.61. The number of hydrogen-bond donors (Lipinski definition) is 1. The van der Waals surface area contributed by atoms with Crippen LogP contribution in [0.15, 0.2) is 48.9 Å². The number of carbonyl (C=O) groups excluding carboxylic acids is 1. The van der Waals surface area contributed by atoms with Crippen molar-refractivity contribution in [2.45, 2.75) is 19.5 Å². The molecule has 7 nitrogen and oxygen atoms in total. The average molecular weight is 378 g/mol. The molecule has 3 aromatic rings. The lowest BCUT2D eigenvalue weighted by Crippen LogP contribution is -2.45. The van der Waals surface area contributed by atoms with Gasteiger partial charge in [0.2, 0.25) is 5.91 Å². The van der Waals surface area contributed by atoms with Gasteiger partial charge in [0.15, 0.2) is 0 Å². The van der Waals surface area contributed by atoms with Gasteiger partial charge in [-0.15, -0.1) is 0 Å². The van der Waals surface area contributed by atoms with E-state index in [0.717, 1.165) is 48.6 Å². The van der Waals surface area contributed by atoms with Crippen molar-refractivity contribution in [2.24, 2.45) is 0 Å². The van der Waals surface area contributed by atoms with E-state index in [2.05, 4.69) is 32.1 Å². The maximum Gasteiger partial charge on any atom is 0.243 e. The number of nitrogens with zero attached hydrogens (tertiary/aromatic N) is 5. The number of nitrogens with one attached hydrogen (secondary N) is 1. The van der Waals surface area contributed by atoms with E-state index in [4.69, 9.17) is 0 Å². The third kappa shape index (κ3) is 3.71. The zero-order valence-electron chi connectivity index (χ0n) is 16.4. The first-order valence-electron chi connectivity index (χ1n) is 9.70.